The molecular weight excluding hydrogens is 200 g/mol. The molecule has 0 bridgehead atoms. The molecular formula is C13H14N2O. The maximum Gasteiger partial charge on any atom is 0.135 e. The molecule has 2 heterocycles. The first-order valence-electron chi connectivity index (χ1n) is 5.46. The Balaban J connectivity index is 2.32. The van der Waals surface area contributed by atoms with Gasteiger partial charge in [-0.1, -0.05) is 0 Å². The fourth-order valence-electron chi connectivity index (χ4n) is 2.21. The van der Waals surface area contributed by atoms with E-state index in [9.17, 15) is 0 Å². The molecule has 0 spiro atoms. The summed E-state index contributed by atoms with van der Waals surface area (Å²) in [5.41, 5.74) is 7.99. The lowest BCUT2D eigenvalue weighted by atomic mass is 10.2. The summed E-state index contributed by atoms with van der Waals surface area (Å²) < 4.78 is 7.60. The van der Waals surface area contributed by atoms with E-state index in [0.717, 1.165) is 17.5 Å². The molecule has 82 valence electrons. The van der Waals surface area contributed by atoms with E-state index in [1.54, 1.807) is 6.26 Å². The lowest BCUT2D eigenvalue weighted by Gasteiger charge is -2.08. The Hall–Kier alpha value is -1.74. The van der Waals surface area contributed by atoms with Gasteiger partial charge in [-0.3, -0.25) is 0 Å². The summed E-state index contributed by atoms with van der Waals surface area (Å²) in [6.07, 6.45) is 3.81. The molecule has 0 saturated carbocycles. The Labute approximate surface area is 93.4 Å². The second-order valence-electron chi connectivity index (χ2n) is 4.28. The number of nitrogens with two attached hydrogens (primary N) is 1. The average Bonchev–Trinajstić information content (AvgIpc) is 2.82. The molecule has 1 atom stereocenters. The molecule has 0 amide bonds. The molecule has 0 aliphatic heterocycles. The summed E-state index contributed by atoms with van der Waals surface area (Å²) in [5, 5.41) is 2.39. The fourth-order valence-corrected chi connectivity index (χ4v) is 2.21. The highest BCUT2D eigenvalue weighted by Crippen LogP contribution is 2.27. The maximum absolute atomic E-state index is 5.85. The lowest BCUT2D eigenvalue weighted by molar-refractivity contribution is 0.605. The maximum atomic E-state index is 5.85. The molecule has 16 heavy (non-hydrogen) atoms. The van der Waals surface area contributed by atoms with E-state index < -0.39 is 0 Å². The van der Waals surface area contributed by atoms with Gasteiger partial charge in [-0.2, -0.15) is 0 Å². The SMILES string of the molecule is C[C@H](N)Cn1ccc2ccc3occc3c21. The number of rotatable bonds is 2. The Morgan fingerprint density at radius 1 is 1.31 bits per heavy atom. The van der Waals surface area contributed by atoms with E-state index >= 15 is 0 Å². The minimum Gasteiger partial charge on any atom is -0.464 e. The van der Waals surface area contributed by atoms with Gasteiger partial charge in [-0.15, -0.1) is 0 Å². The smallest absolute Gasteiger partial charge is 0.135 e. The molecule has 0 radical (unpaired) electrons. The minimum atomic E-state index is 0.151. The van der Waals surface area contributed by atoms with Crippen molar-refractivity contribution in [1.29, 1.82) is 0 Å². The first kappa shape index (κ1) is 9.48. The number of furan rings is 1. The van der Waals surface area contributed by atoms with Crippen LogP contribution in [0.2, 0.25) is 0 Å². The second-order valence-corrected chi connectivity index (χ2v) is 4.28. The molecule has 0 aliphatic carbocycles. The lowest BCUT2D eigenvalue weighted by Crippen LogP contribution is -2.21. The van der Waals surface area contributed by atoms with Crippen molar-refractivity contribution < 1.29 is 4.42 Å². The predicted molar refractivity (Wildman–Crippen MR) is 65.4 cm³/mol. The second kappa shape index (κ2) is 3.39. The van der Waals surface area contributed by atoms with Crippen LogP contribution in [0.1, 0.15) is 6.92 Å². The van der Waals surface area contributed by atoms with Crippen LogP contribution in [0.15, 0.2) is 41.1 Å². The fraction of sp³-hybridized carbons (Fsp3) is 0.231. The van der Waals surface area contributed by atoms with E-state index in [1.165, 1.54) is 10.9 Å². The number of benzene rings is 1. The van der Waals surface area contributed by atoms with E-state index in [2.05, 4.69) is 22.9 Å². The van der Waals surface area contributed by atoms with Crippen molar-refractivity contribution in [2.75, 3.05) is 0 Å². The molecule has 2 aromatic heterocycles. The van der Waals surface area contributed by atoms with Crippen molar-refractivity contribution in [1.82, 2.24) is 4.57 Å². The topological polar surface area (TPSA) is 44.1 Å². The summed E-state index contributed by atoms with van der Waals surface area (Å²) in [6, 6.07) is 8.37. The van der Waals surface area contributed by atoms with Crippen LogP contribution in [0.25, 0.3) is 21.9 Å². The number of fused-ring (bicyclic) bond motifs is 3. The highest BCUT2D eigenvalue weighted by atomic mass is 16.3. The zero-order valence-corrected chi connectivity index (χ0v) is 9.18. The molecule has 1 aromatic carbocycles. The van der Waals surface area contributed by atoms with Crippen LogP contribution in [0.4, 0.5) is 0 Å². The summed E-state index contributed by atoms with van der Waals surface area (Å²) in [6.45, 7) is 2.84. The molecule has 0 aliphatic rings. The molecule has 3 aromatic rings. The quantitative estimate of drug-likeness (QED) is 0.712. The molecule has 3 heteroatoms. The van der Waals surface area contributed by atoms with Crippen LogP contribution in [0.5, 0.6) is 0 Å². The molecule has 0 saturated heterocycles. The zero-order valence-electron chi connectivity index (χ0n) is 9.18. The Kier molecular flexibility index (Phi) is 2.01. The summed E-state index contributed by atoms with van der Waals surface area (Å²) in [7, 11) is 0. The normalized spacial score (nSPS) is 13.6. The summed E-state index contributed by atoms with van der Waals surface area (Å²) in [5.74, 6) is 0. The molecule has 2 N–H and O–H groups in total. The highest BCUT2D eigenvalue weighted by Gasteiger charge is 2.08. The standard InChI is InChI=1S/C13H14N2O/c1-9(14)8-15-6-4-10-2-3-12-11(13(10)15)5-7-16-12/h2-7,9H,8,14H2,1H3/t9-/m0/s1. The van der Waals surface area contributed by atoms with Crippen molar-refractivity contribution in [2.24, 2.45) is 5.73 Å². The van der Waals surface area contributed by atoms with E-state index in [4.69, 9.17) is 10.2 Å². The van der Waals surface area contributed by atoms with Gasteiger partial charge in [-0.05, 0) is 31.2 Å². The average molecular weight is 214 g/mol. The Bertz CT molecular complexity index is 634. The van der Waals surface area contributed by atoms with Gasteiger partial charge in [-0.25, -0.2) is 0 Å². The van der Waals surface area contributed by atoms with Gasteiger partial charge >= 0.3 is 0 Å². The first-order valence-corrected chi connectivity index (χ1v) is 5.46. The Morgan fingerprint density at radius 2 is 2.19 bits per heavy atom. The molecule has 3 nitrogen and oxygen atoms in total. The van der Waals surface area contributed by atoms with Crippen molar-refractivity contribution in [3.63, 3.8) is 0 Å². The third-order valence-electron chi connectivity index (χ3n) is 2.84. The van der Waals surface area contributed by atoms with Gasteiger partial charge in [0.2, 0.25) is 0 Å². The molecule has 3 rings (SSSR count). The summed E-state index contributed by atoms with van der Waals surface area (Å²) >= 11 is 0. The van der Waals surface area contributed by atoms with Gasteiger partial charge in [0.15, 0.2) is 0 Å². The zero-order chi connectivity index (χ0) is 11.1. The minimum absolute atomic E-state index is 0.151. The van der Waals surface area contributed by atoms with Crippen LogP contribution < -0.4 is 5.73 Å². The molecule has 0 unspecified atom stereocenters. The van der Waals surface area contributed by atoms with E-state index in [1.807, 2.05) is 19.1 Å². The van der Waals surface area contributed by atoms with Gasteiger partial charge in [0.1, 0.15) is 5.58 Å². The van der Waals surface area contributed by atoms with Gasteiger partial charge < -0.3 is 14.7 Å². The number of hydrogen-bond donors (Lipinski definition) is 1. The number of hydrogen-bond acceptors (Lipinski definition) is 2. The van der Waals surface area contributed by atoms with Gasteiger partial charge in [0.05, 0.1) is 11.8 Å². The van der Waals surface area contributed by atoms with Crippen LogP contribution >= 0.6 is 0 Å². The Morgan fingerprint density at radius 3 is 3.00 bits per heavy atom. The molecule has 0 fully saturated rings. The largest absolute Gasteiger partial charge is 0.464 e. The van der Waals surface area contributed by atoms with Crippen LogP contribution in [0.3, 0.4) is 0 Å². The summed E-state index contributed by atoms with van der Waals surface area (Å²) in [4.78, 5) is 0. The third kappa shape index (κ3) is 1.32. The van der Waals surface area contributed by atoms with Crippen molar-refractivity contribution in [3.8, 4) is 0 Å². The van der Waals surface area contributed by atoms with Crippen LogP contribution in [-0.2, 0) is 6.54 Å². The predicted octanol–water partition coefficient (Wildman–Crippen LogP) is 2.73. The first-order chi connectivity index (χ1) is 7.75. The third-order valence-corrected chi connectivity index (χ3v) is 2.84. The van der Waals surface area contributed by atoms with Crippen LogP contribution in [-0.4, -0.2) is 10.6 Å². The highest BCUT2D eigenvalue weighted by molar-refractivity contribution is 6.03. The van der Waals surface area contributed by atoms with E-state index in [0.29, 0.717) is 0 Å². The van der Waals surface area contributed by atoms with E-state index in [-0.39, 0.29) is 6.04 Å². The number of nitrogens with zero attached hydrogens (tertiary/aromatic N) is 1. The van der Waals surface area contributed by atoms with Gasteiger partial charge in [0.25, 0.3) is 0 Å². The van der Waals surface area contributed by atoms with Crippen LogP contribution in [0, 0.1) is 0 Å². The van der Waals surface area contributed by atoms with Crippen molar-refractivity contribution >= 4 is 21.9 Å². The van der Waals surface area contributed by atoms with Gasteiger partial charge in [0, 0.05) is 29.6 Å². The van der Waals surface area contributed by atoms with Crippen molar-refractivity contribution in [2.45, 2.75) is 19.5 Å². The monoisotopic (exact) mass is 214 g/mol. The van der Waals surface area contributed by atoms with Crippen molar-refractivity contribution in [3.05, 3.63) is 36.7 Å². The number of aromatic nitrogens is 1.